The van der Waals surface area contributed by atoms with Crippen LogP contribution in [-0.2, 0) is 4.74 Å². The maximum Gasteiger partial charge on any atom is 0.191 e. The van der Waals surface area contributed by atoms with Crippen LogP contribution >= 0.6 is 24.0 Å². The Morgan fingerprint density at radius 2 is 1.88 bits per heavy atom. The van der Waals surface area contributed by atoms with E-state index in [1.165, 1.54) is 5.56 Å². The predicted molar refractivity (Wildman–Crippen MR) is 112 cm³/mol. The highest BCUT2D eigenvalue weighted by molar-refractivity contribution is 14.0. The molecular formula is C18H32IN3O2. The molecule has 0 heterocycles. The van der Waals surface area contributed by atoms with Gasteiger partial charge in [0.2, 0.25) is 0 Å². The lowest BCUT2D eigenvalue weighted by Crippen LogP contribution is -2.38. The van der Waals surface area contributed by atoms with Crippen LogP contribution in [0.4, 0.5) is 0 Å². The van der Waals surface area contributed by atoms with E-state index in [-0.39, 0.29) is 30.1 Å². The second-order valence-electron chi connectivity index (χ2n) is 5.44. The summed E-state index contributed by atoms with van der Waals surface area (Å²) in [5.74, 6) is 1.70. The number of aliphatic imine (C=N–C) groups is 1. The molecule has 5 nitrogen and oxygen atoms in total. The first kappa shape index (κ1) is 23.0. The number of benzene rings is 1. The molecule has 0 saturated heterocycles. The van der Waals surface area contributed by atoms with Gasteiger partial charge in [-0.15, -0.1) is 24.0 Å². The highest BCUT2D eigenvalue weighted by Gasteiger charge is 2.04. The fourth-order valence-electron chi connectivity index (χ4n) is 1.97. The summed E-state index contributed by atoms with van der Waals surface area (Å²) in [6, 6.07) is 8.09. The highest BCUT2D eigenvalue weighted by Crippen LogP contribution is 2.13. The van der Waals surface area contributed by atoms with Crippen molar-refractivity contribution in [3.8, 4) is 5.75 Å². The molecule has 1 aromatic carbocycles. The number of hydrogen-bond acceptors (Lipinski definition) is 3. The maximum absolute atomic E-state index is 5.87. The number of nitrogens with zero attached hydrogens (tertiary/aromatic N) is 1. The lowest BCUT2D eigenvalue weighted by atomic mass is 10.2. The van der Waals surface area contributed by atoms with Crippen molar-refractivity contribution < 1.29 is 9.47 Å². The topological polar surface area (TPSA) is 54.9 Å². The smallest absolute Gasteiger partial charge is 0.191 e. The van der Waals surface area contributed by atoms with E-state index in [0.717, 1.165) is 44.4 Å². The Morgan fingerprint density at radius 3 is 2.50 bits per heavy atom. The van der Waals surface area contributed by atoms with Crippen molar-refractivity contribution >= 4 is 29.9 Å². The standard InChI is InChI=1S/C18H31N3O2.HI/c1-5-19-18(20-12-7-13-22-6-2)21-14-16(4)23-17-10-8-15(3)9-11-17;/h8-11,16H,5-7,12-14H2,1-4H3,(H2,19,20,21);1H. The number of guanidine groups is 1. The molecule has 0 radical (unpaired) electrons. The second kappa shape index (κ2) is 14.3. The van der Waals surface area contributed by atoms with E-state index < -0.39 is 0 Å². The number of nitrogens with one attached hydrogen (secondary N) is 2. The number of halogens is 1. The molecule has 1 atom stereocenters. The quantitative estimate of drug-likeness (QED) is 0.249. The summed E-state index contributed by atoms with van der Waals surface area (Å²) < 4.78 is 11.2. The van der Waals surface area contributed by atoms with Gasteiger partial charge in [0.15, 0.2) is 5.96 Å². The molecule has 1 aromatic rings. The summed E-state index contributed by atoms with van der Waals surface area (Å²) in [5.41, 5.74) is 1.23. The van der Waals surface area contributed by atoms with Crippen LogP contribution in [0.5, 0.6) is 5.75 Å². The molecule has 0 aliphatic carbocycles. The molecule has 2 N–H and O–H groups in total. The van der Waals surface area contributed by atoms with Crippen LogP contribution in [0.15, 0.2) is 29.3 Å². The summed E-state index contributed by atoms with van der Waals surface area (Å²) in [5, 5.41) is 6.55. The van der Waals surface area contributed by atoms with E-state index in [4.69, 9.17) is 9.47 Å². The van der Waals surface area contributed by atoms with Crippen molar-refractivity contribution in [2.45, 2.75) is 40.2 Å². The number of rotatable bonds is 10. The van der Waals surface area contributed by atoms with E-state index in [9.17, 15) is 0 Å². The van der Waals surface area contributed by atoms with Gasteiger partial charge >= 0.3 is 0 Å². The Balaban J connectivity index is 0.00000529. The van der Waals surface area contributed by atoms with E-state index >= 15 is 0 Å². The molecule has 24 heavy (non-hydrogen) atoms. The maximum atomic E-state index is 5.87. The van der Waals surface area contributed by atoms with Crippen LogP contribution in [0.3, 0.4) is 0 Å². The van der Waals surface area contributed by atoms with Gasteiger partial charge in [-0.3, -0.25) is 0 Å². The van der Waals surface area contributed by atoms with Crippen LogP contribution in [0.25, 0.3) is 0 Å². The molecule has 0 saturated carbocycles. The molecule has 0 bridgehead atoms. The van der Waals surface area contributed by atoms with E-state index in [1.807, 2.05) is 26.0 Å². The van der Waals surface area contributed by atoms with Crippen LogP contribution in [0, 0.1) is 6.92 Å². The van der Waals surface area contributed by atoms with Gasteiger partial charge in [-0.05, 0) is 46.2 Å². The summed E-state index contributed by atoms with van der Waals surface area (Å²) >= 11 is 0. The Bertz CT molecular complexity index is 452. The molecule has 0 amide bonds. The first-order valence-electron chi connectivity index (χ1n) is 8.49. The SMILES string of the molecule is CCNC(=NCC(C)Oc1ccc(C)cc1)NCCCOCC.I. The predicted octanol–water partition coefficient (Wildman–Crippen LogP) is 3.36. The van der Waals surface area contributed by atoms with Crippen molar-refractivity contribution in [1.82, 2.24) is 10.6 Å². The van der Waals surface area contributed by atoms with Crippen LogP contribution in [0.2, 0.25) is 0 Å². The van der Waals surface area contributed by atoms with E-state index in [0.29, 0.717) is 6.54 Å². The zero-order chi connectivity index (χ0) is 16.9. The minimum absolute atomic E-state index is 0. The fraction of sp³-hybridized carbons (Fsp3) is 0.611. The van der Waals surface area contributed by atoms with Crippen LogP contribution < -0.4 is 15.4 Å². The normalized spacial score (nSPS) is 12.2. The summed E-state index contributed by atoms with van der Waals surface area (Å²) in [6.45, 7) is 12.0. The lowest BCUT2D eigenvalue weighted by Gasteiger charge is -2.15. The highest BCUT2D eigenvalue weighted by atomic mass is 127. The van der Waals surface area contributed by atoms with Crippen molar-refractivity contribution in [2.24, 2.45) is 4.99 Å². The molecular weight excluding hydrogens is 417 g/mol. The Kier molecular flexibility index (Phi) is 13.7. The monoisotopic (exact) mass is 449 g/mol. The first-order chi connectivity index (χ1) is 11.2. The van der Waals surface area contributed by atoms with Crippen molar-refractivity contribution in [1.29, 1.82) is 0 Å². The molecule has 138 valence electrons. The van der Waals surface area contributed by atoms with Crippen molar-refractivity contribution in [3.05, 3.63) is 29.8 Å². The second-order valence-corrected chi connectivity index (χ2v) is 5.44. The molecule has 6 heteroatoms. The summed E-state index contributed by atoms with van der Waals surface area (Å²) in [4.78, 5) is 4.57. The lowest BCUT2D eigenvalue weighted by molar-refractivity contribution is 0.145. The molecule has 0 aromatic heterocycles. The van der Waals surface area contributed by atoms with Gasteiger partial charge in [0.1, 0.15) is 11.9 Å². The van der Waals surface area contributed by atoms with Gasteiger partial charge in [-0.2, -0.15) is 0 Å². The van der Waals surface area contributed by atoms with Crippen LogP contribution in [0.1, 0.15) is 32.8 Å². The van der Waals surface area contributed by atoms with Gasteiger partial charge in [0.25, 0.3) is 0 Å². The average molecular weight is 449 g/mol. The van der Waals surface area contributed by atoms with Gasteiger partial charge in [-0.1, -0.05) is 17.7 Å². The number of hydrogen-bond donors (Lipinski definition) is 2. The van der Waals surface area contributed by atoms with Gasteiger partial charge in [0.05, 0.1) is 6.54 Å². The van der Waals surface area contributed by atoms with Crippen LogP contribution in [-0.4, -0.2) is 44.9 Å². The molecule has 0 aliphatic heterocycles. The van der Waals surface area contributed by atoms with E-state index in [2.05, 4.69) is 41.6 Å². The largest absolute Gasteiger partial charge is 0.489 e. The zero-order valence-electron chi connectivity index (χ0n) is 15.3. The minimum atomic E-state index is 0. The third-order valence-corrected chi connectivity index (χ3v) is 3.17. The third kappa shape index (κ3) is 10.7. The van der Waals surface area contributed by atoms with E-state index in [1.54, 1.807) is 0 Å². The number of ether oxygens (including phenoxy) is 2. The van der Waals surface area contributed by atoms with Crippen molar-refractivity contribution in [3.63, 3.8) is 0 Å². The Labute approximate surface area is 163 Å². The first-order valence-corrected chi connectivity index (χ1v) is 8.49. The van der Waals surface area contributed by atoms with Gasteiger partial charge in [-0.25, -0.2) is 4.99 Å². The fourth-order valence-corrected chi connectivity index (χ4v) is 1.97. The summed E-state index contributed by atoms with van der Waals surface area (Å²) in [6.07, 6.45) is 0.991. The molecule has 0 fully saturated rings. The average Bonchev–Trinajstić information content (AvgIpc) is 2.54. The Hall–Kier alpha value is -1.02. The molecule has 0 spiro atoms. The number of aryl methyl sites for hydroxylation is 1. The minimum Gasteiger partial charge on any atom is -0.489 e. The zero-order valence-corrected chi connectivity index (χ0v) is 17.6. The molecule has 1 rings (SSSR count). The summed E-state index contributed by atoms with van der Waals surface area (Å²) in [7, 11) is 0. The molecule has 1 unspecified atom stereocenters. The molecule has 0 aliphatic rings. The van der Waals surface area contributed by atoms with Gasteiger partial charge < -0.3 is 20.1 Å². The van der Waals surface area contributed by atoms with Gasteiger partial charge in [0, 0.05) is 26.3 Å². The Morgan fingerprint density at radius 1 is 1.17 bits per heavy atom. The third-order valence-electron chi connectivity index (χ3n) is 3.17. The van der Waals surface area contributed by atoms with Crippen molar-refractivity contribution in [2.75, 3.05) is 32.8 Å².